The van der Waals surface area contributed by atoms with Crippen LogP contribution >= 0.6 is 0 Å². The van der Waals surface area contributed by atoms with E-state index in [9.17, 15) is 9.18 Å². The molecule has 19 heavy (non-hydrogen) atoms. The lowest BCUT2D eigenvalue weighted by Crippen LogP contribution is -2.08. The fourth-order valence-electron chi connectivity index (χ4n) is 1.62. The van der Waals surface area contributed by atoms with Crippen molar-refractivity contribution in [3.8, 4) is 11.8 Å². The van der Waals surface area contributed by atoms with E-state index in [-0.39, 0.29) is 23.6 Å². The maximum atomic E-state index is 13.7. The van der Waals surface area contributed by atoms with Gasteiger partial charge in [0.05, 0.1) is 12.8 Å². The van der Waals surface area contributed by atoms with Gasteiger partial charge in [-0.05, 0) is 19.1 Å². The standard InChI is InChI=1S/C13H10FN3O2/c1-2-19-13(18)9-8-16-17(12(9)7-15)11-6-4-3-5-10(11)14/h3-6,8H,2H2,1H3. The van der Waals surface area contributed by atoms with Crippen molar-refractivity contribution in [1.29, 1.82) is 5.26 Å². The summed E-state index contributed by atoms with van der Waals surface area (Å²) in [4.78, 5) is 11.6. The molecule has 1 aromatic heterocycles. The number of carbonyl (C=O) groups is 1. The molecule has 1 heterocycles. The molecular formula is C13H10FN3O2. The lowest BCUT2D eigenvalue weighted by Gasteiger charge is -2.04. The highest BCUT2D eigenvalue weighted by molar-refractivity contribution is 5.91. The topological polar surface area (TPSA) is 67.9 Å². The zero-order valence-electron chi connectivity index (χ0n) is 10.1. The fraction of sp³-hybridized carbons (Fsp3) is 0.154. The molecule has 0 fully saturated rings. The van der Waals surface area contributed by atoms with E-state index in [0.29, 0.717) is 0 Å². The normalized spacial score (nSPS) is 9.95. The number of rotatable bonds is 3. The molecular weight excluding hydrogens is 249 g/mol. The van der Waals surface area contributed by atoms with Crippen molar-refractivity contribution in [3.63, 3.8) is 0 Å². The van der Waals surface area contributed by atoms with Gasteiger partial charge in [-0.15, -0.1) is 0 Å². The second kappa shape index (κ2) is 5.31. The van der Waals surface area contributed by atoms with E-state index in [0.717, 1.165) is 4.68 Å². The van der Waals surface area contributed by atoms with E-state index in [1.807, 2.05) is 6.07 Å². The van der Waals surface area contributed by atoms with Gasteiger partial charge in [-0.25, -0.2) is 13.9 Å². The van der Waals surface area contributed by atoms with Gasteiger partial charge in [-0.2, -0.15) is 10.4 Å². The predicted octanol–water partition coefficient (Wildman–Crippen LogP) is 2.06. The van der Waals surface area contributed by atoms with Gasteiger partial charge >= 0.3 is 5.97 Å². The summed E-state index contributed by atoms with van der Waals surface area (Å²) < 4.78 is 19.6. The summed E-state index contributed by atoms with van der Waals surface area (Å²) in [6.45, 7) is 1.85. The summed E-state index contributed by atoms with van der Waals surface area (Å²) in [6, 6.07) is 7.71. The van der Waals surface area contributed by atoms with Crippen LogP contribution in [0.4, 0.5) is 4.39 Å². The van der Waals surface area contributed by atoms with Gasteiger partial charge in [0, 0.05) is 0 Å². The minimum absolute atomic E-state index is 0.0209. The molecule has 96 valence electrons. The van der Waals surface area contributed by atoms with Crippen LogP contribution in [0.2, 0.25) is 0 Å². The summed E-state index contributed by atoms with van der Waals surface area (Å²) >= 11 is 0. The number of hydrogen-bond acceptors (Lipinski definition) is 4. The third kappa shape index (κ3) is 2.31. The van der Waals surface area contributed by atoms with Crippen LogP contribution < -0.4 is 0 Å². The highest BCUT2D eigenvalue weighted by Crippen LogP contribution is 2.17. The number of aromatic nitrogens is 2. The smallest absolute Gasteiger partial charge is 0.342 e. The zero-order chi connectivity index (χ0) is 13.8. The van der Waals surface area contributed by atoms with Crippen LogP contribution in [0.15, 0.2) is 30.5 Å². The van der Waals surface area contributed by atoms with Crippen molar-refractivity contribution in [3.05, 3.63) is 47.5 Å². The molecule has 2 aromatic rings. The molecule has 0 unspecified atom stereocenters. The third-order valence-electron chi connectivity index (χ3n) is 2.45. The van der Waals surface area contributed by atoms with Crippen molar-refractivity contribution >= 4 is 5.97 Å². The van der Waals surface area contributed by atoms with E-state index in [4.69, 9.17) is 10.00 Å². The average Bonchev–Trinajstić information content (AvgIpc) is 2.83. The summed E-state index contributed by atoms with van der Waals surface area (Å²) in [5.41, 5.74) is 0.0748. The third-order valence-corrected chi connectivity index (χ3v) is 2.45. The Morgan fingerprint density at radius 2 is 2.26 bits per heavy atom. The molecule has 0 aliphatic carbocycles. The first kappa shape index (κ1) is 12.8. The monoisotopic (exact) mass is 259 g/mol. The lowest BCUT2D eigenvalue weighted by molar-refractivity contribution is 0.0526. The lowest BCUT2D eigenvalue weighted by atomic mass is 10.2. The van der Waals surface area contributed by atoms with Crippen LogP contribution in [0.25, 0.3) is 5.69 Å². The quantitative estimate of drug-likeness (QED) is 0.791. The summed E-state index contributed by atoms with van der Waals surface area (Å²) in [5.74, 6) is -1.18. The number of benzene rings is 1. The number of nitriles is 1. The molecule has 0 radical (unpaired) electrons. The second-order valence-corrected chi connectivity index (χ2v) is 3.60. The molecule has 0 aliphatic heterocycles. The van der Waals surface area contributed by atoms with Gasteiger partial charge in [0.25, 0.3) is 0 Å². The Balaban J connectivity index is 2.53. The van der Waals surface area contributed by atoms with Gasteiger partial charge in [0.1, 0.15) is 23.1 Å². The Hall–Kier alpha value is -2.68. The van der Waals surface area contributed by atoms with Crippen LogP contribution in [-0.4, -0.2) is 22.4 Å². The average molecular weight is 259 g/mol. The number of nitrogens with zero attached hydrogens (tertiary/aromatic N) is 3. The summed E-state index contributed by atoms with van der Waals surface area (Å²) in [7, 11) is 0. The molecule has 0 N–H and O–H groups in total. The van der Waals surface area contributed by atoms with E-state index >= 15 is 0 Å². The number of para-hydroxylation sites is 1. The van der Waals surface area contributed by atoms with E-state index < -0.39 is 11.8 Å². The van der Waals surface area contributed by atoms with E-state index in [2.05, 4.69) is 5.10 Å². The van der Waals surface area contributed by atoms with Gasteiger partial charge < -0.3 is 4.74 Å². The van der Waals surface area contributed by atoms with Gasteiger partial charge in [0.2, 0.25) is 0 Å². The molecule has 6 heteroatoms. The second-order valence-electron chi connectivity index (χ2n) is 3.60. The number of esters is 1. The van der Waals surface area contributed by atoms with Crippen LogP contribution in [0, 0.1) is 17.1 Å². The van der Waals surface area contributed by atoms with Crippen molar-refractivity contribution in [2.75, 3.05) is 6.61 Å². The Labute approximate surface area is 108 Å². The maximum Gasteiger partial charge on any atom is 0.342 e. The number of ether oxygens (including phenoxy) is 1. The Morgan fingerprint density at radius 3 is 2.89 bits per heavy atom. The fourth-order valence-corrected chi connectivity index (χ4v) is 1.62. The predicted molar refractivity (Wildman–Crippen MR) is 64.2 cm³/mol. The Morgan fingerprint density at radius 1 is 1.53 bits per heavy atom. The minimum Gasteiger partial charge on any atom is -0.462 e. The molecule has 5 nitrogen and oxygen atoms in total. The molecule has 0 atom stereocenters. The zero-order valence-corrected chi connectivity index (χ0v) is 10.1. The van der Waals surface area contributed by atoms with E-state index in [1.54, 1.807) is 13.0 Å². The first-order valence-electron chi connectivity index (χ1n) is 5.59. The Bertz CT molecular complexity index is 658. The SMILES string of the molecule is CCOC(=O)c1cnn(-c2ccccc2F)c1C#N. The highest BCUT2D eigenvalue weighted by atomic mass is 19.1. The van der Waals surface area contributed by atoms with Crippen molar-refractivity contribution < 1.29 is 13.9 Å². The van der Waals surface area contributed by atoms with Crippen molar-refractivity contribution in [1.82, 2.24) is 9.78 Å². The first-order valence-corrected chi connectivity index (χ1v) is 5.59. The summed E-state index contributed by atoms with van der Waals surface area (Å²) in [6.07, 6.45) is 1.20. The van der Waals surface area contributed by atoms with Gasteiger partial charge in [-0.3, -0.25) is 0 Å². The number of halogens is 1. The van der Waals surface area contributed by atoms with Crippen molar-refractivity contribution in [2.45, 2.75) is 6.92 Å². The molecule has 0 amide bonds. The molecule has 0 saturated carbocycles. The Kier molecular flexibility index (Phi) is 3.57. The first-order chi connectivity index (χ1) is 9.19. The van der Waals surface area contributed by atoms with Gasteiger partial charge in [0.15, 0.2) is 5.69 Å². The largest absolute Gasteiger partial charge is 0.462 e. The molecule has 2 rings (SSSR count). The van der Waals surface area contributed by atoms with Crippen LogP contribution in [0.1, 0.15) is 23.0 Å². The minimum atomic E-state index is -0.651. The molecule has 0 aliphatic rings. The van der Waals surface area contributed by atoms with E-state index in [1.165, 1.54) is 24.4 Å². The highest BCUT2D eigenvalue weighted by Gasteiger charge is 2.20. The van der Waals surface area contributed by atoms with Crippen LogP contribution in [-0.2, 0) is 4.74 Å². The molecule has 0 spiro atoms. The van der Waals surface area contributed by atoms with Crippen LogP contribution in [0.5, 0.6) is 0 Å². The summed E-state index contributed by atoms with van der Waals surface area (Å²) in [5, 5.41) is 13.0. The van der Waals surface area contributed by atoms with Crippen LogP contribution in [0.3, 0.4) is 0 Å². The molecule has 0 saturated heterocycles. The van der Waals surface area contributed by atoms with Crippen molar-refractivity contribution in [2.24, 2.45) is 0 Å². The molecule has 0 bridgehead atoms. The maximum absolute atomic E-state index is 13.7. The number of carbonyl (C=O) groups excluding carboxylic acids is 1. The van der Waals surface area contributed by atoms with Gasteiger partial charge in [-0.1, -0.05) is 12.1 Å². The molecule has 1 aromatic carbocycles. The number of hydrogen-bond donors (Lipinski definition) is 0.